The molecule has 6 nitrogen and oxygen atoms in total. The molecular weight excluding hydrogens is 538 g/mol. The molecule has 1 unspecified atom stereocenters. The molecule has 0 spiro atoms. The van der Waals surface area contributed by atoms with E-state index < -0.39 is 17.4 Å². The lowest BCUT2D eigenvalue weighted by atomic mass is 9.99. The molecule has 1 fully saturated rings. The van der Waals surface area contributed by atoms with Crippen molar-refractivity contribution >= 4 is 34.6 Å². The summed E-state index contributed by atoms with van der Waals surface area (Å²) in [5.74, 6) is 0.0679. The lowest BCUT2D eigenvalue weighted by molar-refractivity contribution is -0.136. The zero-order chi connectivity index (χ0) is 29.4. The van der Waals surface area contributed by atoms with Crippen LogP contribution in [0.25, 0.3) is 28.2 Å². The number of benzene rings is 2. The zero-order valence-electron chi connectivity index (χ0n) is 22.2. The number of likely N-dealkylation sites (tertiary alicyclic amines) is 1. The second kappa shape index (κ2) is 10.8. The van der Waals surface area contributed by atoms with Gasteiger partial charge in [-0.2, -0.15) is 13.2 Å². The van der Waals surface area contributed by atoms with Gasteiger partial charge in [0, 0.05) is 43.0 Å². The van der Waals surface area contributed by atoms with Crippen molar-refractivity contribution in [3.8, 4) is 11.1 Å². The minimum absolute atomic E-state index is 0.00393. The molecule has 0 aliphatic carbocycles. The molecule has 0 bridgehead atoms. The number of nitrogens with zero attached hydrogens (tertiary/aromatic N) is 2. The number of pyridine rings is 1. The molecule has 3 heterocycles. The van der Waals surface area contributed by atoms with Crippen molar-refractivity contribution in [2.45, 2.75) is 38.0 Å². The lowest BCUT2D eigenvalue weighted by Crippen LogP contribution is -2.31. The molecule has 41 heavy (non-hydrogen) atoms. The number of carbonyl (C=O) groups excluding carboxylic acids is 2. The Kier molecular flexibility index (Phi) is 7.42. The first-order chi connectivity index (χ1) is 19.4. The summed E-state index contributed by atoms with van der Waals surface area (Å²) in [6.07, 6.45) is 0.230. The van der Waals surface area contributed by atoms with E-state index in [9.17, 15) is 27.2 Å². The summed E-state index contributed by atoms with van der Waals surface area (Å²) in [4.78, 5) is 30.5. The van der Waals surface area contributed by atoms with Crippen LogP contribution in [-0.4, -0.2) is 40.3 Å². The van der Waals surface area contributed by atoms with Gasteiger partial charge in [-0.05, 0) is 78.2 Å². The van der Waals surface area contributed by atoms with Gasteiger partial charge < -0.3 is 15.1 Å². The molecule has 4 aromatic rings. The number of amides is 1. The number of furan rings is 1. The van der Waals surface area contributed by atoms with Gasteiger partial charge in [0.05, 0.1) is 12.1 Å². The van der Waals surface area contributed by atoms with Crippen molar-refractivity contribution in [1.82, 2.24) is 9.88 Å². The van der Waals surface area contributed by atoms with E-state index >= 15 is 0 Å². The van der Waals surface area contributed by atoms with E-state index in [1.807, 2.05) is 0 Å². The van der Waals surface area contributed by atoms with Gasteiger partial charge in [0.1, 0.15) is 22.8 Å². The molecule has 1 amide bonds. The number of carbonyl (C=O) groups is 2. The Labute approximate surface area is 233 Å². The highest BCUT2D eigenvalue weighted by molar-refractivity contribution is 5.96. The highest BCUT2D eigenvalue weighted by Gasteiger charge is 2.37. The van der Waals surface area contributed by atoms with Crippen LogP contribution in [-0.2, 0) is 17.4 Å². The molecule has 212 valence electrons. The lowest BCUT2D eigenvalue weighted by Gasteiger charge is -2.18. The van der Waals surface area contributed by atoms with Crippen molar-refractivity contribution in [3.05, 3.63) is 89.3 Å². The molecular formula is C31H27F4N3O3. The normalized spacial score (nSPS) is 17.5. The van der Waals surface area contributed by atoms with E-state index in [0.717, 1.165) is 6.07 Å². The maximum atomic E-state index is 14.2. The van der Waals surface area contributed by atoms with Crippen LogP contribution < -0.4 is 5.73 Å². The standard InChI is InChI=1S/C31H27F4N3O3/c1-30(32)12-13-38(18-30)29(40)21-6-4-20(5-7-21)22-14-23-15-25(41-28(23)26(16-22)31(33,34)35)10-9-24(39)8-2-19-3-11-27(36)37-17-19/h2-8,11,14-17H,9-10,12-13,18H2,1H3,(H2,36,37)/b8-2+. The summed E-state index contributed by atoms with van der Waals surface area (Å²) in [5, 5.41) is 0.250. The predicted molar refractivity (Wildman–Crippen MR) is 148 cm³/mol. The van der Waals surface area contributed by atoms with Gasteiger partial charge in [-0.25, -0.2) is 9.37 Å². The summed E-state index contributed by atoms with van der Waals surface area (Å²) < 4.78 is 61.8. The second-order valence-electron chi connectivity index (χ2n) is 10.4. The average molecular weight is 566 g/mol. The van der Waals surface area contributed by atoms with Crippen molar-refractivity contribution in [2.75, 3.05) is 18.8 Å². The monoisotopic (exact) mass is 565 g/mol. The first-order valence-electron chi connectivity index (χ1n) is 13.0. The Hall–Kier alpha value is -4.47. The number of nitrogen functional groups attached to an aromatic ring is 1. The average Bonchev–Trinajstić information content (AvgIpc) is 3.52. The molecule has 5 rings (SSSR count). The first kappa shape index (κ1) is 28.1. The van der Waals surface area contributed by atoms with E-state index in [0.29, 0.717) is 34.6 Å². The van der Waals surface area contributed by atoms with Crippen LogP contribution in [0.15, 0.2) is 71.3 Å². The molecule has 1 saturated heterocycles. The zero-order valence-corrected chi connectivity index (χ0v) is 22.2. The number of alkyl halides is 4. The largest absolute Gasteiger partial charge is 0.460 e. The van der Waals surface area contributed by atoms with Gasteiger partial charge in [-0.3, -0.25) is 9.59 Å². The Balaban J connectivity index is 1.34. The van der Waals surface area contributed by atoms with E-state index in [4.69, 9.17) is 10.2 Å². The fourth-order valence-electron chi connectivity index (χ4n) is 4.83. The Morgan fingerprint density at radius 1 is 1.10 bits per heavy atom. The summed E-state index contributed by atoms with van der Waals surface area (Å²) >= 11 is 0. The van der Waals surface area contributed by atoms with Gasteiger partial charge in [0.15, 0.2) is 5.78 Å². The van der Waals surface area contributed by atoms with Gasteiger partial charge in [-0.1, -0.05) is 12.1 Å². The highest BCUT2D eigenvalue weighted by Crippen LogP contribution is 2.39. The number of halogens is 4. The topological polar surface area (TPSA) is 89.4 Å². The summed E-state index contributed by atoms with van der Waals surface area (Å²) in [6.45, 7) is 1.77. The number of aromatic nitrogens is 1. The molecule has 2 aromatic carbocycles. The van der Waals surface area contributed by atoms with Crippen molar-refractivity contribution in [2.24, 2.45) is 0 Å². The second-order valence-corrected chi connectivity index (χ2v) is 10.4. The molecule has 0 saturated carbocycles. The molecule has 1 atom stereocenters. The van der Waals surface area contributed by atoms with E-state index in [1.54, 1.807) is 36.4 Å². The van der Waals surface area contributed by atoms with Gasteiger partial charge in [0.25, 0.3) is 5.91 Å². The van der Waals surface area contributed by atoms with E-state index in [2.05, 4.69) is 4.98 Å². The van der Waals surface area contributed by atoms with Crippen LogP contribution in [0.4, 0.5) is 23.4 Å². The third-order valence-electron chi connectivity index (χ3n) is 7.04. The van der Waals surface area contributed by atoms with Crippen molar-refractivity contribution in [3.63, 3.8) is 0 Å². The fourth-order valence-corrected chi connectivity index (χ4v) is 4.83. The van der Waals surface area contributed by atoms with Crippen LogP contribution in [0.3, 0.4) is 0 Å². The number of nitrogens with two attached hydrogens (primary N) is 1. The number of aryl methyl sites for hydroxylation is 1. The molecule has 1 aliphatic heterocycles. The van der Waals surface area contributed by atoms with Crippen LogP contribution in [0.1, 0.15) is 47.0 Å². The van der Waals surface area contributed by atoms with Gasteiger partial charge >= 0.3 is 6.18 Å². The van der Waals surface area contributed by atoms with Crippen LogP contribution in [0.5, 0.6) is 0 Å². The molecule has 10 heteroatoms. The van der Waals surface area contributed by atoms with Gasteiger partial charge in [0.2, 0.25) is 0 Å². The minimum Gasteiger partial charge on any atom is -0.460 e. The number of rotatable bonds is 7. The molecule has 2 N–H and O–H groups in total. The van der Waals surface area contributed by atoms with Crippen LogP contribution >= 0.6 is 0 Å². The van der Waals surface area contributed by atoms with E-state index in [1.165, 1.54) is 42.3 Å². The van der Waals surface area contributed by atoms with Crippen LogP contribution in [0, 0.1) is 0 Å². The number of anilines is 1. The summed E-state index contributed by atoms with van der Waals surface area (Å²) in [7, 11) is 0. The maximum Gasteiger partial charge on any atom is 0.420 e. The summed E-state index contributed by atoms with van der Waals surface area (Å²) in [6, 6.07) is 13.6. The van der Waals surface area contributed by atoms with Crippen molar-refractivity contribution in [1.29, 1.82) is 0 Å². The van der Waals surface area contributed by atoms with Gasteiger partial charge in [-0.15, -0.1) is 0 Å². The Bertz CT molecular complexity index is 1620. The van der Waals surface area contributed by atoms with E-state index in [-0.39, 0.29) is 54.2 Å². The Morgan fingerprint density at radius 3 is 2.49 bits per heavy atom. The molecule has 2 aromatic heterocycles. The summed E-state index contributed by atoms with van der Waals surface area (Å²) in [5.41, 5.74) is 4.68. The molecule has 1 aliphatic rings. The number of hydrogen-bond acceptors (Lipinski definition) is 5. The quantitative estimate of drug-likeness (QED) is 0.195. The third kappa shape index (κ3) is 6.48. The smallest absolute Gasteiger partial charge is 0.420 e. The predicted octanol–water partition coefficient (Wildman–Crippen LogP) is 6.89. The SMILES string of the molecule is CC1(F)CCN(C(=O)c2ccc(-c3cc(C(F)(F)F)c4oc(CCC(=O)/C=C/c5ccc(N)nc5)cc4c3)cc2)C1. The Morgan fingerprint density at radius 2 is 1.85 bits per heavy atom. The minimum atomic E-state index is -4.68. The third-order valence-corrected chi connectivity index (χ3v) is 7.04. The molecule has 0 radical (unpaired) electrons. The number of allylic oxidation sites excluding steroid dienone is 1. The fraction of sp³-hybridized carbons (Fsp3) is 0.258. The van der Waals surface area contributed by atoms with Crippen LogP contribution in [0.2, 0.25) is 0 Å². The maximum absolute atomic E-state index is 14.2. The number of ketones is 1. The van der Waals surface area contributed by atoms with Crippen molar-refractivity contribution < 1.29 is 31.6 Å². The highest BCUT2D eigenvalue weighted by atomic mass is 19.4. The first-order valence-corrected chi connectivity index (χ1v) is 13.0. The number of hydrogen-bond donors (Lipinski definition) is 1. The number of fused-ring (bicyclic) bond motifs is 1.